The number of nitrogens with one attached hydrogen (secondary N) is 3. The molecule has 0 bridgehead atoms. The lowest BCUT2D eigenvalue weighted by molar-refractivity contribution is -0.116. The van der Waals surface area contributed by atoms with Crippen molar-refractivity contribution in [3.8, 4) is 6.07 Å². The van der Waals surface area contributed by atoms with Crippen molar-refractivity contribution in [2.45, 2.75) is 13.0 Å². The van der Waals surface area contributed by atoms with Crippen LogP contribution < -0.4 is 16.0 Å². The molecular weight excluding hydrogens is 390 g/mol. The van der Waals surface area contributed by atoms with Crippen molar-refractivity contribution in [2.24, 2.45) is 0 Å². The Labute approximate surface area is 152 Å². The van der Waals surface area contributed by atoms with Gasteiger partial charge in [0.2, 0.25) is 5.91 Å². The number of nitrogens with zero attached hydrogens (tertiary/aromatic N) is 4. The second-order valence-corrected chi connectivity index (χ2v) is 5.85. The Morgan fingerprint density at radius 3 is 2.60 bits per heavy atom. The van der Waals surface area contributed by atoms with E-state index in [1.165, 1.54) is 11.0 Å². The number of amides is 3. The van der Waals surface area contributed by atoms with Crippen molar-refractivity contribution in [3.05, 3.63) is 40.9 Å². The number of carbonyl (C=O) groups is 2. The fourth-order valence-electron chi connectivity index (χ4n) is 1.85. The molecule has 0 unspecified atom stereocenters. The molecule has 1 heterocycles. The van der Waals surface area contributed by atoms with Gasteiger partial charge >= 0.3 is 6.03 Å². The Morgan fingerprint density at radius 1 is 1.20 bits per heavy atom. The van der Waals surface area contributed by atoms with E-state index in [0.29, 0.717) is 18.8 Å². The van der Waals surface area contributed by atoms with Crippen molar-refractivity contribution in [2.75, 3.05) is 18.4 Å². The minimum absolute atomic E-state index is 0.0845. The van der Waals surface area contributed by atoms with E-state index >= 15 is 0 Å². The van der Waals surface area contributed by atoms with Crippen LogP contribution >= 0.6 is 15.9 Å². The molecular formula is C15H16BrN7O2. The van der Waals surface area contributed by atoms with E-state index in [9.17, 15) is 9.59 Å². The van der Waals surface area contributed by atoms with E-state index in [-0.39, 0.29) is 30.7 Å². The number of aromatic nitrogens is 3. The molecule has 2 aromatic rings. The highest BCUT2D eigenvalue weighted by Gasteiger charge is 2.05. The average molecular weight is 406 g/mol. The predicted molar refractivity (Wildman–Crippen MR) is 93.5 cm³/mol. The Bertz CT molecular complexity index is 767. The predicted octanol–water partition coefficient (Wildman–Crippen LogP) is 1.24. The fourth-order valence-corrected chi connectivity index (χ4v) is 2.11. The SMILES string of the molecule is N#Cc1ncn(CCNC(=O)NCCC(=O)Nc2ccc(Br)cc2)n1. The van der Waals surface area contributed by atoms with E-state index in [1.807, 2.05) is 18.2 Å². The van der Waals surface area contributed by atoms with Crippen molar-refractivity contribution in [3.63, 3.8) is 0 Å². The number of nitriles is 1. The fraction of sp³-hybridized carbons (Fsp3) is 0.267. The van der Waals surface area contributed by atoms with E-state index in [2.05, 4.69) is 42.0 Å². The summed E-state index contributed by atoms with van der Waals surface area (Å²) in [7, 11) is 0. The number of rotatable bonds is 7. The van der Waals surface area contributed by atoms with E-state index in [0.717, 1.165) is 4.47 Å². The Morgan fingerprint density at radius 2 is 1.92 bits per heavy atom. The van der Waals surface area contributed by atoms with Gasteiger partial charge in [0.05, 0.1) is 6.54 Å². The highest BCUT2D eigenvalue weighted by atomic mass is 79.9. The van der Waals surface area contributed by atoms with Gasteiger partial charge in [-0.3, -0.25) is 4.79 Å². The Kier molecular flexibility index (Phi) is 6.91. The van der Waals surface area contributed by atoms with Crippen molar-refractivity contribution in [1.82, 2.24) is 25.4 Å². The minimum Gasteiger partial charge on any atom is -0.338 e. The van der Waals surface area contributed by atoms with Crippen LogP contribution in [0.15, 0.2) is 35.1 Å². The third-order valence-electron chi connectivity index (χ3n) is 3.03. The summed E-state index contributed by atoms with van der Waals surface area (Å²) in [6.45, 7) is 0.938. The molecule has 0 saturated carbocycles. The van der Waals surface area contributed by atoms with Crippen LogP contribution in [0, 0.1) is 11.3 Å². The molecule has 0 aliphatic carbocycles. The molecule has 130 valence electrons. The van der Waals surface area contributed by atoms with Gasteiger partial charge in [-0.25, -0.2) is 14.5 Å². The summed E-state index contributed by atoms with van der Waals surface area (Å²) in [4.78, 5) is 27.1. The minimum atomic E-state index is -0.378. The second kappa shape index (κ2) is 9.39. The summed E-state index contributed by atoms with van der Waals surface area (Å²) in [5.74, 6) is -0.101. The highest BCUT2D eigenvalue weighted by Crippen LogP contribution is 2.14. The smallest absolute Gasteiger partial charge is 0.314 e. The number of carbonyl (C=O) groups excluding carboxylic acids is 2. The van der Waals surface area contributed by atoms with Gasteiger partial charge < -0.3 is 16.0 Å². The molecule has 0 aliphatic heterocycles. The molecule has 0 radical (unpaired) electrons. The topological polar surface area (TPSA) is 125 Å². The first kappa shape index (κ1) is 18.4. The van der Waals surface area contributed by atoms with Crippen LogP contribution in [0.1, 0.15) is 12.2 Å². The summed E-state index contributed by atoms with van der Waals surface area (Å²) < 4.78 is 2.39. The third kappa shape index (κ3) is 6.60. The molecule has 0 spiro atoms. The van der Waals surface area contributed by atoms with Gasteiger partial charge in [-0.15, -0.1) is 5.10 Å². The molecule has 0 aliphatic rings. The van der Waals surface area contributed by atoms with Crippen molar-refractivity contribution in [1.29, 1.82) is 5.26 Å². The first-order chi connectivity index (χ1) is 12.1. The van der Waals surface area contributed by atoms with Crippen molar-refractivity contribution < 1.29 is 9.59 Å². The highest BCUT2D eigenvalue weighted by molar-refractivity contribution is 9.10. The molecule has 0 saturated heterocycles. The molecule has 10 heteroatoms. The van der Waals surface area contributed by atoms with Gasteiger partial charge in [0.15, 0.2) is 0 Å². The van der Waals surface area contributed by atoms with E-state index in [1.54, 1.807) is 12.1 Å². The zero-order valence-electron chi connectivity index (χ0n) is 13.2. The number of hydrogen-bond donors (Lipinski definition) is 3. The van der Waals surface area contributed by atoms with E-state index in [4.69, 9.17) is 5.26 Å². The Hall–Kier alpha value is -2.93. The van der Waals surface area contributed by atoms with Crippen molar-refractivity contribution >= 4 is 33.6 Å². The molecule has 1 aromatic heterocycles. The van der Waals surface area contributed by atoms with Crippen LogP contribution in [0.5, 0.6) is 0 Å². The maximum atomic E-state index is 11.8. The lowest BCUT2D eigenvalue weighted by Crippen LogP contribution is -2.38. The molecule has 0 atom stereocenters. The maximum Gasteiger partial charge on any atom is 0.314 e. The summed E-state index contributed by atoms with van der Waals surface area (Å²) in [6.07, 6.45) is 1.59. The normalized spacial score (nSPS) is 9.92. The third-order valence-corrected chi connectivity index (χ3v) is 3.56. The number of benzene rings is 1. The zero-order chi connectivity index (χ0) is 18.1. The lowest BCUT2D eigenvalue weighted by Gasteiger charge is -2.08. The average Bonchev–Trinajstić information content (AvgIpc) is 3.05. The summed E-state index contributed by atoms with van der Waals surface area (Å²) >= 11 is 3.32. The molecule has 3 N–H and O–H groups in total. The van der Waals surface area contributed by atoms with Gasteiger partial charge in [0.25, 0.3) is 5.82 Å². The maximum absolute atomic E-state index is 11.8. The van der Waals surface area contributed by atoms with Gasteiger partial charge in [-0.1, -0.05) is 15.9 Å². The summed E-state index contributed by atoms with van der Waals surface area (Å²) in [6, 6.07) is 8.67. The van der Waals surface area contributed by atoms with Crippen LogP contribution in [-0.4, -0.2) is 39.8 Å². The molecule has 25 heavy (non-hydrogen) atoms. The van der Waals surface area contributed by atoms with Crippen LogP contribution in [0.2, 0.25) is 0 Å². The van der Waals surface area contributed by atoms with Gasteiger partial charge in [0.1, 0.15) is 12.4 Å². The standard InChI is InChI=1S/C15H16BrN7O2/c16-11-1-3-12(4-2-11)21-14(24)5-6-18-15(25)19-7-8-23-10-20-13(9-17)22-23/h1-4,10H,5-8H2,(H,21,24)(H2,18,19,25). The summed E-state index contributed by atoms with van der Waals surface area (Å²) in [5, 5.41) is 20.4. The lowest BCUT2D eigenvalue weighted by atomic mass is 10.3. The van der Waals surface area contributed by atoms with E-state index < -0.39 is 0 Å². The number of hydrogen-bond acceptors (Lipinski definition) is 5. The molecule has 9 nitrogen and oxygen atoms in total. The molecule has 0 fully saturated rings. The second-order valence-electron chi connectivity index (χ2n) is 4.93. The first-order valence-corrected chi connectivity index (χ1v) is 8.23. The first-order valence-electron chi connectivity index (χ1n) is 7.43. The van der Waals surface area contributed by atoms with Crippen LogP contribution in [0.25, 0.3) is 0 Å². The number of urea groups is 1. The number of halogens is 1. The van der Waals surface area contributed by atoms with Crippen LogP contribution in [0.3, 0.4) is 0 Å². The Balaban J connectivity index is 1.59. The number of anilines is 1. The molecule has 3 amide bonds. The molecule has 2 rings (SSSR count). The van der Waals surface area contributed by atoms with Crippen LogP contribution in [0.4, 0.5) is 10.5 Å². The zero-order valence-corrected chi connectivity index (χ0v) is 14.8. The van der Waals surface area contributed by atoms with Gasteiger partial charge in [-0.05, 0) is 24.3 Å². The van der Waals surface area contributed by atoms with Gasteiger partial charge in [-0.2, -0.15) is 5.26 Å². The van der Waals surface area contributed by atoms with Crippen LogP contribution in [-0.2, 0) is 11.3 Å². The monoisotopic (exact) mass is 405 g/mol. The largest absolute Gasteiger partial charge is 0.338 e. The molecule has 1 aromatic carbocycles. The van der Waals surface area contributed by atoms with Gasteiger partial charge in [0, 0.05) is 29.7 Å². The quantitative estimate of drug-likeness (QED) is 0.638. The summed E-state index contributed by atoms with van der Waals surface area (Å²) in [5.41, 5.74) is 0.697.